The molecule has 1 heterocycles. The van der Waals surface area contributed by atoms with Crippen LogP contribution in [-0.4, -0.2) is 41.6 Å². The van der Waals surface area contributed by atoms with Crippen molar-refractivity contribution in [2.24, 2.45) is 5.41 Å². The van der Waals surface area contributed by atoms with Gasteiger partial charge in [-0.15, -0.1) is 0 Å². The van der Waals surface area contributed by atoms with Crippen LogP contribution in [0.4, 0.5) is 11.4 Å². The van der Waals surface area contributed by atoms with Crippen molar-refractivity contribution < 1.29 is 21.6 Å². The SMILES string of the molecule is CS(=O)(=O)Nc1ccc2c(c1)C1(CCC3(CC3)CC1)CN2C(=O)c1cccc(S(=O)(=O)NC2CCCC2)c1. The molecule has 2 N–H and O–H groups in total. The molecule has 1 amide bonds. The highest BCUT2D eigenvalue weighted by Gasteiger charge is 2.53. The van der Waals surface area contributed by atoms with Crippen molar-refractivity contribution in [2.75, 3.05) is 22.4 Å². The van der Waals surface area contributed by atoms with Gasteiger partial charge in [-0.3, -0.25) is 9.52 Å². The number of rotatable bonds is 6. The lowest BCUT2D eigenvalue weighted by atomic mass is 9.66. The Kier molecular flexibility index (Phi) is 6.16. The first-order chi connectivity index (χ1) is 18.0. The van der Waals surface area contributed by atoms with Crippen LogP contribution in [0.25, 0.3) is 0 Å². The third kappa shape index (κ3) is 4.86. The second-order valence-electron chi connectivity index (χ2n) is 11.9. The zero-order valence-corrected chi connectivity index (χ0v) is 23.3. The largest absolute Gasteiger partial charge is 0.307 e. The minimum absolute atomic E-state index is 0.0551. The van der Waals surface area contributed by atoms with Crippen LogP contribution in [0.3, 0.4) is 0 Å². The van der Waals surface area contributed by atoms with Crippen LogP contribution >= 0.6 is 0 Å². The van der Waals surface area contributed by atoms with Crippen LogP contribution < -0.4 is 14.3 Å². The summed E-state index contributed by atoms with van der Waals surface area (Å²) in [7, 11) is -7.17. The molecule has 3 saturated carbocycles. The molecule has 204 valence electrons. The molecule has 4 aliphatic rings. The van der Waals surface area contributed by atoms with E-state index < -0.39 is 20.0 Å². The Labute approximate surface area is 225 Å². The van der Waals surface area contributed by atoms with Gasteiger partial charge in [-0.2, -0.15) is 0 Å². The van der Waals surface area contributed by atoms with E-state index in [4.69, 9.17) is 0 Å². The maximum atomic E-state index is 13.9. The van der Waals surface area contributed by atoms with E-state index in [1.165, 1.54) is 25.0 Å². The summed E-state index contributed by atoms with van der Waals surface area (Å²) in [5, 5.41) is 0. The van der Waals surface area contributed by atoms with Gasteiger partial charge in [0.15, 0.2) is 0 Å². The number of sulfonamides is 2. The van der Waals surface area contributed by atoms with E-state index in [-0.39, 0.29) is 22.3 Å². The molecule has 0 saturated heterocycles. The molecule has 0 bridgehead atoms. The Morgan fingerprint density at radius 1 is 0.921 bits per heavy atom. The smallest absolute Gasteiger partial charge is 0.258 e. The van der Waals surface area contributed by atoms with Crippen molar-refractivity contribution >= 4 is 37.3 Å². The Bertz CT molecular complexity index is 1480. The number of hydrogen-bond donors (Lipinski definition) is 2. The first-order valence-corrected chi connectivity index (χ1v) is 16.9. The lowest BCUT2D eigenvalue weighted by Gasteiger charge is -2.38. The summed E-state index contributed by atoms with van der Waals surface area (Å²) in [4.78, 5) is 15.8. The quantitative estimate of drug-likeness (QED) is 0.542. The molecular weight excluding hydrogens is 522 g/mol. The Balaban J connectivity index is 1.32. The van der Waals surface area contributed by atoms with Crippen LogP contribution in [0.15, 0.2) is 47.4 Å². The molecule has 0 radical (unpaired) electrons. The number of hydrogen-bond acceptors (Lipinski definition) is 5. The van der Waals surface area contributed by atoms with Crippen LogP contribution in [0, 0.1) is 5.41 Å². The highest BCUT2D eigenvalue weighted by atomic mass is 32.2. The summed E-state index contributed by atoms with van der Waals surface area (Å²) in [6, 6.07) is 11.6. The molecule has 1 aliphatic heterocycles. The second-order valence-corrected chi connectivity index (χ2v) is 15.4. The third-order valence-electron chi connectivity index (χ3n) is 9.16. The summed E-state index contributed by atoms with van der Waals surface area (Å²) in [5.74, 6) is -0.239. The fourth-order valence-electron chi connectivity index (χ4n) is 6.77. The van der Waals surface area contributed by atoms with Crippen molar-refractivity contribution in [3.8, 4) is 0 Å². The normalized spacial score (nSPS) is 22.1. The van der Waals surface area contributed by atoms with E-state index in [9.17, 15) is 21.6 Å². The maximum Gasteiger partial charge on any atom is 0.258 e. The average molecular weight is 558 g/mol. The maximum absolute atomic E-state index is 13.9. The Morgan fingerprint density at radius 3 is 2.26 bits per heavy atom. The molecule has 38 heavy (non-hydrogen) atoms. The third-order valence-corrected chi connectivity index (χ3v) is 11.3. The van der Waals surface area contributed by atoms with E-state index in [1.54, 1.807) is 23.1 Å². The van der Waals surface area contributed by atoms with Crippen LogP contribution in [0.2, 0.25) is 0 Å². The van der Waals surface area contributed by atoms with Crippen molar-refractivity contribution in [2.45, 2.75) is 80.6 Å². The molecule has 0 atom stereocenters. The van der Waals surface area contributed by atoms with Gasteiger partial charge in [-0.25, -0.2) is 21.6 Å². The summed E-state index contributed by atoms with van der Waals surface area (Å²) in [6.07, 6.45) is 11.5. The van der Waals surface area contributed by atoms with E-state index in [2.05, 4.69) is 9.44 Å². The van der Waals surface area contributed by atoms with Crippen LogP contribution in [-0.2, 0) is 25.5 Å². The summed E-state index contributed by atoms with van der Waals surface area (Å²) < 4.78 is 55.3. The fraction of sp³-hybridized carbons (Fsp3) is 0.536. The summed E-state index contributed by atoms with van der Waals surface area (Å²) in [5.41, 5.74) is 2.83. The molecule has 0 unspecified atom stereocenters. The van der Waals surface area contributed by atoms with Gasteiger partial charge in [0, 0.05) is 34.9 Å². The molecule has 8 nitrogen and oxygen atoms in total. The standard InChI is InChI=1S/C28H35N3O5S2/c1-37(33,34)29-22-9-10-25-24(18-22)28(15-13-27(11-12-27)14-16-28)19-31(25)26(32)20-5-4-8-23(17-20)38(35,36)30-21-6-2-3-7-21/h4-5,8-10,17-18,21,29-30H,2-3,6-7,11-16,19H2,1H3. The highest BCUT2D eigenvalue weighted by molar-refractivity contribution is 7.92. The monoisotopic (exact) mass is 557 g/mol. The predicted molar refractivity (Wildman–Crippen MR) is 147 cm³/mol. The van der Waals surface area contributed by atoms with E-state index in [1.807, 2.05) is 12.1 Å². The molecule has 6 rings (SSSR count). The molecule has 2 aromatic rings. The zero-order chi connectivity index (χ0) is 26.8. The minimum atomic E-state index is -3.73. The van der Waals surface area contributed by atoms with Gasteiger partial charge in [0.25, 0.3) is 5.91 Å². The van der Waals surface area contributed by atoms with Gasteiger partial charge in [0.05, 0.1) is 11.2 Å². The van der Waals surface area contributed by atoms with Crippen LogP contribution in [0.5, 0.6) is 0 Å². The second kappa shape index (κ2) is 9.06. The van der Waals surface area contributed by atoms with Gasteiger partial charge < -0.3 is 4.90 Å². The van der Waals surface area contributed by atoms with Crippen molar-refractivity contribution in [3.05, 3.63) is 53.6 Å². The number of anilines is 2. The number of fused-ring (bicyclic) bond motifs is 2. The van der Waals surface area contributed by atoms with E-state index in [0.29, 0.717) is 23.2 Å². The number of amides is 1. The fourth-order valence-corrected chi connectivity index (χ4v) is 8.68. The van der Waals surface area contributed by atoms with Crippen molar-refractivity contribution in [3.63, 3.8) is 0 Å². The van der Waals surface area contributed by atoms with E-state index in [0.717, 1.165) is 68.9 Å². The molecule has 2 aromatic carbocycles. The summed E-state index contributed by atoms with van der Waals surface area (Å²) in [6.45, 7) is 0.511. The molecule has 3 fully saturated rings. The lowest BCUT2D eigenvalue weighted by molar-refractivity contribution is 0.0980. The van der Waals surface area contributed by atoms with Gasteiger partial charge in [-0.1, -0.05) is 18.9 Å². The average Bonchev–Trinajstić information content (AvgIpc) is 3.30. The first kappa shape index (κ1) is 25.8. The number of benzene rings is 2. The van der Waals surface area contributed by atoms with Crippen molar-refractivity contribution in [1.29, 1.82) is 0 Å². The van der Waals surface area contributed by atoms with E-state index >= 15 is 0 Å². The number of nitrogens with one attached hydrogen (secondary N) is 2. The predicted octanol–water partition coefficient (Wildman–Crippen LogP) is 4.53. The number of carbonyl (C=O) groups is 1. The van der Waals surface area contributed by atoms with Gasteiger partial charge in [-0.05, 0) is 98.7 Å². The Hall–Kier alpha value is -2.43. The number of nitrogens with zero attached hydrogens (tertiary/aromatic N) is 1. The minimum Gasteiger partial charge on any atom is -0.307 e. The van der Waals surface area contributed by atoms with Gasteiger partial charge >= 0.3 is 0 Å². The molecule has 0 aromatic heterocycles. The van der Waals surface area contributed by atoms with Gasteiger partial charge in [0.1, 0.15) is 0 Å². The number of carbonyl (C=O) groups excluding carboxylic acids is 1. The topological polar surface area (TPSA) is 113 Å². The molecule has 2 spiro atoms. The first-order valence-electron chi connectivity index (χ1n) is 13.5. The zero-order valence-electron chi connectivity index (χ0n) is 21.7. The van der Waals surface area contributed by atoms with Crippen LogP contribution in [0.1, 0.15) is 80.1 Å². The lowest BCUT2D eigenvalue weighted by Crippen LogP contribution is -2.40. The summed E-state index contributed by atoms with van der Waals surface area (Å²) >= 11 is 0. The highest BCUT2D eigenvalue weighted by Crippen LogP contribution is 2.62. The Morgan fingerprint density at radius 2 is 1.61 bits per heavy atom. The molecule has 10 heteroatoms. The molecular formula is C28H35N3O5S2. The molecule has 3 aliphatic carbocycles. The van der Waals surface area contributed by atoms with Crippen molar-refractivity contribution in [1.82, 2.24) is 4.72 Å². The van der Waals surface area contributed by atoms with Gasteiger partial charge in [0.2, 0.25) is 20.0 Å².